The van der Waals surface area contributed by atoms with Crippen molar-refractivity contribution >= 4 is 23.6 Å². The van der Waals surface area contributed by atoms with Gasteiger partial charge >= 0.3 is 0 Å². The third-order valence-electron chi connectivity index (χ3n) is 4.37. The Morgan fingerprint density at radius 3 is 2.30 bits per heavy atom. The summed E-state index contributed by atoms with van der Waals surface area (Å²) in [5, 5.41) is 2.87. The standard InChI is InChI=1S/C23H28F2N2O2S/c1-16(22(29)26-23(2,3)4)27(13-18-7-5-6-8-20(18)25)21(28)15-30-14-17-9-11-19(24)12-10-17/h5-12,16H,13-15H2,1-4H3,(H,26,29)/t16-/m0/s1. The molecule has 1 N–H and O–H groups in total. The highest BCUT2D eigenvalue weighted by Gasteiger charge is 2.28. The van der Waals surface area contributed by atoms with Gasteiger partial charge in [0.2, 0.25) is 11.8 Å². The summed E-state index contributed by atoms with van der Waals surface area (Å²) in [5.41, 5.74) is 0.799. The number of carbonyl (C=O) groups excluding carboxylic acids is 2. The van der Waals surface area contributed by atoms with Gasteiger partial charge in [0.05, 0.1) is 5.75 Å². The molecule has 2 amide bonds. The molecule has 0 aliphatic heterocycles. The Hall–Kier alpha value is -2.41. The first-order valence-corrected chi connectivity index (χ1v) is 10.9. The van der Waals surface area contributed by atoms with E-state index in [-0.39, 0.29) is 29.9 Å². The number of amides is 2. The van der Waals surface area contributed by atoms with Gasteiger partial charge in [0.15, 0.2) is 0 Å². The van der Waals surface area contributed by atoms with Crippen LogP contribution in [0.5, 0.6) is 0 Å². The number of thioether (sulfide) groups is 1. The average molecular weight is 435 g/mol. The number of carbonyl (C=O) groups is 2. The van der Waals surface area contributed by atoms with Crippen molar-refractivity contribution in [1.82, 2.24) is 10.2 Å². The Bertz CT molecular complexity index is 866. The molecule has 0 fully saturated rings. The predicted octanol–water partition coefficient (Wildman–Crippen LogP) is 4.53. The Morgan fingerprint density at radius 1 is 1.07 bits per heavy atom. The molecular formula is C23H28F2N2O2S. The van der Waals surface area contributed by atoms with E-state index in [2.05, 4.69) is 5.32 Å². The van der Waals surface area contributed by atoms with Gasteiger partial charge in [-0.25, -0.2) is 8.78 Å². The minimum atomic E-state index is -0.761. The average Bonchev–Trinajstić information content (AvgIpc) is 2.67. The fourth-order valence-corrected chi connectivity index (χ4v) is 3.66. The second-order valence-electron chi connectivity index (χ2n) is 8.15. The van der Waals surface area contributed by atoms with Crippen LogP contribution in [0.2, 0.25) is 0 Å². The molecule has 0 heterocycles. The summed E-state index contributed by atoms with van der Waals surface area (Å²) >= 11 is 1.37. The lowest BCUT2D eigenvalue weighted by Crippen LogP contribution is -2.52. The normalized spacial score (nSPS) is 12.3. The second kappa shape index (κ2) is 10.6. The van der Waals surface area contributed by atoms with E-state index < -0.39 is 17.4 Å². The Labute approximate surface area is 181 Å². The van der Waals surface area contributed by atoms with Crippen LogP contribution in [0, 0.1) is 11.6 Å². The van der Waals surface area contributed by atoms with E-state index in [9.17, 15) is 18.4 Å². The maximum Gasteiger partial charge on any atom is 0.242 e. The van der Waals surface area contributed by atoms with E-state index in [1.165, 1.54) is 34.9 Å². The number of nitrogens with one attached hydrogen (secondary N) is 1. The summed E-state index contributed by atoms with van der Waals surface area (Å²) in [4.78, 5) is 27.0. The van der Waals surface area contributed by atoms with E-state index in [1.54, 1.807) is 37.3 Å². The Balaban J connectivity index is 2.10. The molecule has 0 spiro atoms. The fourth-order valence-electron chi connectivity index (χ4n) is 2.79. The van der Waals surface area contributed by atoms with Gasteiger partial charge in [-0.2, -0.15) is 0 Å². The quantitative estimate of drug-likeness (QED) is 0.664. The molecule has 30 heavy (non-hydrogen) atoms. The molecule has 0 aliphatic carbocycles. The highest BCUT2D eigenvalue weighted by molar-refractivity contribution is 7.99. The molecule has 0 bridgehead atoms. The van der Waals surface area contributed by atoms with E-state index in [4.69, 9.17) is 0 Å². The van der Waals surface area contributed by atoms with E-state index in [0.717, 1.165) is 5.56 Å². The molecule has 2 aromatic rings. The largest absolute Gasteiger partial charge is 0.350 e. The van der Waals surface area contributed by atoms with Crippen LogP contribution in [0.3, 0.4) is 0 Å². The highest BCUT2D eigenvalue weighted by Crippen LogP contribution is 2.18. The molecule has 0 saturated carbocycles. The predicted molar refractivity (Wildman–Crippen MR) is 117 cm³/mol. The smallest absolute Gasteiger partial charge is 0.242 e. The number of benzene rings is 2. The fraction of sp³-hybridized carbons (Fsp3) is 0.391. The van der Waals surface area contributed by atoms with Crippen LogP contribution < -0.4 is 5.32 Å². The Kier molecular flexibility index (Phi) is 8.41. The van der Waals surface area contributed by atoms with Crippen LogP contribution in [0.4, 0.5) is 8.78 Å². The van der Waals surface area contributed by atoms with E-state index >= 15 is 0 Å². The zero-order chi connectivity index (χ0) is 22.3. The maximum absolute atomic E-state index is 14.2. The summed E-state index contributed by atoms with van der Waals surface area (Å²) in [5.74, 6) is -0.633. The maximum atomic E-state index is 14.2. The lowest BCUT2D eigenvalue weighted by molar-refractivity contribution is -0.139. The van der Waals surface area contributed by atoms with Crippen LogP contribution in [-0.2, 0) is 21.9 Å². The molecule has 4 nitrogen and oxygen atoms in total. The third kappa shape index (κ3) is 7.44. The minimum absolute atomic E-state index is 0.00133. The molecule has 0 aliphatic rings. The summed E-state index contributed by atoms with van der Waals surface area (Å²) in [6, 6.07) is 11.6. The lowest BCUT2D eigenvalue weighted by Gasteiger charge is -2.31. The molecular weight excluding hydrogens is 406 g/mol. The van der Waals surface area contributed by atoms with Crippen LogP contribution in [-0.4, -0.2) is 34.0 Å². The van der Waals surface area contributed by atoms with Gasteiger partial charge < -0.3 is 10.2 Å². The van der Waals surface area contributed by atoms with Gasteiger partial charge in [-0.3, -0.25) is 9.59 Å². The summed E-state index contributed by atoms with van der Waals surface area (Å²) in [7, 11) is 0. The zero-order valence-electron chi connectivity index (χ0n) is 17.7. The second-order valence-corrected chi connectivity index (χ2v) is 9.13. The van der Waals surface area contributed by atoms with Crippen molar-refractivity contribution < 1.29 is 18.4 Å². The molecule has 7 heteroatoms. The van der Waals surface area contributed by atoms with Gasteiger partial charge in [-0.15, -0.1) is 11.8 Å². The number of rotatable bonds is 8. The van der Waals surface area contributed by atoms with Gasteiger partial charge in [-0.05, 0) is 51.5 Å². The Morgan fingerprint density at radius 2 is 1.70 bits per heavy atom. The first kappa shape index (κ1) is 23.9. The first-order valence-electron chi connectivity index (χ1n) is 9.74. The summed E-state index contributed by atoms with van der Waals surface area (Å²) in [6.07, 6.45) is 0. The first-order chi connectivity index (χ1) is 14.1. The number of hydrogen-bond donors (Lipinski definition) is 1. The van der Waals surface area contributed by atoms with Crippen LogP contribution in [0.1, 0.15) is 38.8 Å². The number of nitrogens with zero attached hydrogens (tertiary/aromatic N) is 1. The van der Waals surface area contributed by atoms with Crippen LogP contribution in [0.25, 0.3) is 0 Å². The van der Waals surface area contributed by atoms with Crippen molar-refractivity contribution in [2.75, 3.05) is 5.75 Å². The molecule has 2 rings (SSSR count). The molecule has 2 aromatic carbocycles. The van der Waals surface area contributed by atoms with Gasteiger partial charge in [-0.1, -0.05) is 30.3 Å². The highest BCUT2D eigenvalue weighted by atomic mass is 32.2. The van der Waals surface area contributed by atoms with E-state index in [0.29, 0.717) is 11.3 Å². The van der Waals surface area contributed by atoms with Crippen molar-refractivity contribution in [3.05, 3.63) is 71.3 Å². The molecule has 0 radical (unpaired) electrons. The molecule has 1 atom stereocenters. The van der Waals surface area contributed by atoms with Crippen molar-refractivity contribution in [2.45, 2.75) is 51.6 Å². The summed E-state index contributed by atoms with van der Waals surface area (Å²) < 4.78 is 27.2. The molecule has 0 unspecified atom stereocenters. The monoisotopic (exact) mass is 434 g/mol. The van der Waals surface area contributed by atoms with Gasteiger partial charge in [0, 0.05) is 23.4 Å². The molecule has 162 valence electrons. The van der Waals surface area contributed by atoms with Crippen molar-refractivity contribution in [3.8, 4) is 0 Å². The van der Waals surface area contributed by atoms with E-state index in [1.807, 2.05) is 20.8 Å². The van der Waals surface area contributed by atoms with Gasteiger partial charge in [0.25, 0.3) is 0 Å². The zero-order valence-corrected chi connectivity index (χ0v) is 18.6. The van der Waals surface area contributed by atoms with Crippen LogP contribution >= 0.6 is 11.8 Å². The third-order valence-corrected chi connectivity index (χ3v) is 5.36. The summed E-state index contributed by atoms with van der Waals surface area (Å²) in [6.45, 7) is 7.23. The lowest BCUT2D eigenvalue weighted by atomic mass is 10.1. The number of hydrogen-bond acceptors (Lipinski definition) is 3. The molecule has 0 aromatic heterocycles. The topological polar surface area (TPSA) is 49.4 Å². The van der Waals surface area contributed by atoms with Crippen LogP contribution in [0.15, 0.2) is 48.5 Å². The SMILES string of the molecule is C[C@@H](C(=O)NC(C)(C)C)N(Cc1ccccc1F)C(=O)CSCc1ccc(F)cc1. The minimum Gasteiger partial charge on any atom is -0.350 e. The van der Waals surface area contributed by atoms with Crippen molar-refractivity contribution in [1.29, 1.82) is 0 Å². The van der Waals surface area contributed by atoms with Crippen molar-refractivity contribution in [2.24, 2.45) is 0 Å². The molecule has 0 saturated heterocycles. The number of halogens is 2. The van der Waals surface area contributed by atoms with Crippen molar-refractivity contribution in [3.63, 3.8) is 0 Å². The van der Waals surface area contributed by atoms with Gasteiger partial charge in [0.1, 0.15) is 17.7 Å².